The summed E-state index contributed by atoms with van der Waals surface area (Å²) in [5.74, 6) is 2.06. The Morgan fingerprint density at radius 1 is 1.00 bits per heavy atom. The smallest absolute Gasteiger partial charge is 0.140 e. The van der Waals surface area contributed by atoms with Crippen LogP contribution in [0.25, 0.3) is 0 Å². The van der Waals surface area contributed by atoms with E-state index in [1.54, 1.807) is 0 Å². The molecule has 15 heavy (non-hydrogen) atoms. The molecular formula is C13H20O2. The van der Waals surface area contributed by atoms with Crippen molar-refractivity contribution in [2.75, 3.05) is 0 Å². The molecule has 0 radical (unpaired) electrons. The van der Waals surface area contributed by atoms with Crippen LogP contribution in [0.1, 0.15) is 51.9 Å². The van der Waals surface area contributed by atoms with Gasteiger partial charge in [0.1, 0.15) is 11.6 Å². The Balaban J connectivity index is 2.01. The molecular weight excluding hydrogens is 188 g/mol. The molecule has 0 aliphatic heterocycles. The minimum atomic E-state index is 0.175. The first-order valence-electron chi connectivity index (χ1n) is 6.20. The monoisotopic (exact) mass is 208 g/mol. The van der Waals surface area contributed by atoms with Gasteiger partial charge in [0, 0.05) is 12.8 Å². The lowest BCUT2D eigenvalue weighted by molar-refractivity contribution is -0.132. The first kappa shape index (κ1) is 10.8. The van der Waals surface area contributed by atoms with Crippen molar-refractivity contribution in [1.82, 2.24) is 0 Å². The topological polar surface area (TPSA) is 34.1 Å². The fourth-order valence-electron chi connectivity index (χ4n) is 3.37. The van der Waals surface area contributed by atoms with Crippen molar-refractivity contribution < 1.29 is 9.59 Å². The Kier molecular flexibility index (Phi) is 3.22. The molecule has 2 heteroatoms. The molecule has 2 aliphatic rings. The Hall–Kier alpha value is -0.660. The lowest BCUT2D eigenvalue weighted by Crippen LogP contribution is -2.32. The third-order valence-electron chi connectivity index (χ3n) is 4.16. The van der Waals surface area contributed by atoms with Crippen LogP contribution in [0, 0.1) is 17.8 Å². The lowest BCUT2D eigenvalue weighted by atomic mass is 9.68. The summed E-state index contributed by atoms with van der Waals surface area (Å²) >= 11 is 0. The van der Waals surface area contributed by atoms with E-state index in [1.165, 1.54) is 25.7 Å². The Bertz CT molecular complexity index is 254. The number of Topliss-reactive ketones (excluding diaryl/α,β-unsaturated/α-hetero) is 2. The van der Waals surface area contributed by atoms with E-state index < -0.39 is 0 Å². The van der Waals surface area contributed by atoms with Gasteiger partial charge in [-0.3, -0.25) is 9.59 Å². The largest absolute Gasteiger partial charge is 0.299 e. The van der Waals surface area contributed by atoms with Crippen LogP contribution in [-0.4, -0.2) is 11.6 Å². The number of rotatable bonds is 1. The van der Waals surface area contributed by atoms with Gasteiger partial charge in [-0.2, -0.15) is 0 Å². The lowest BCUT2D eigenvalue weighted by Gasteiger charge is -2.36. The van der Waals surface area contributed by atoms with Crippen LogP contribution in [-0.2, 0) is 9.59 Å². The minimum absolute atomic E-state index is 0.175. The van der Waals surface area contributed by atoms with E-state index in [2.05, 4.69) is 6.92 Å². The summed E-state index contributed by atoms with van der Waals surface area (Å²) in [4.78, 5) is 22.8. The predicted octanol–water partition coefficient (Wildman–Crippen LogP) is 2.75. The summed E-state index contributed by atoms with van der Waals surface area (Å²) in [6, 6.07) is 0. The minimum Gasteiger partial charge on any atom is -0.299 e. The molecule has 2 atom stereocenters. The van der Waals surface area contributed by atoms with E-state index in [9.17, 15) is 9.59 Å². The van der Waals surface area contributed by atoms with Gasteiger partial charge in [-0.25, -0.2) is 0 Å². The maximum atomic E-state index is 11.4. The van der Waals surface area contributed by atoms with Gasteiger partial charge in [-0.1, -0.05) is 26.2 Å². The van der Waals surface area contributed by atoms with Crippen LogP contribution in [0.5, 0.6) is 0 Å². The number of ketones is 2. The highest BCUT2D eigenvalue weighted by molar-refractivity contribution is 6.01. The molecule has 2 unspecified atom stereocenters. The second kappa shape index (κ2) is 4.46. The summed E-state index contributed by atoms with van der Waals surface area (Å²) in [6.07, 6.45) is 6.66. The number of hydrogen-bond acceptors (Lipinski definition) is 2. The molecule has 2 aliphatic carbocycles. The number of carbonyl (C=O) groups is 2. The van der Waals surface area contributed by atoms with Gasteiger partial charge in [0.2, 0.25) is 0 Å². The van der Waals surface area contributed by atoms with Gasteiger partial charge in [0.15, 0.2) is 0 Å². The van der Waals surface area contributed by atoms with E-state index in [0.29, 0.717) is 30.6 Å². The van der Waals surface area contributed by atoms with E-state index >= 15 is 0 Å². The van der Waals surface area contributed by atoms with Gasteiger partial charge >= 0.3 is 0 Å². The molecule has 0 aromatic heterocycles. The van der Waals surface area contributed by atoms with Crippen LogP contribution >= 0.6 is 0 Å². The maximum Gasteiger partial charge on any atom is 0.140 e. The average molecular weight is 208 g/mol. The standard InChI is InChI=1S/C13H20O2/c1-9-4-2-3-5-13(9)10-6-11(14)8-12(15)7-10/h9-10,13H,2-8H2,1H3. The Morgan fingerprint density at radius 3 is 2.20 bits per heavy atom. The van der Waals surface area contributed by atoms with Gasteiger partial charge in [0.25, 0.3) is 0 Å². The van der Waals surface area contributed by atoms with Crippen LogP contribution in [0.4, 0.5) is 0 Å². The highest BCUT2D eigenvalue weighted by Gasteiger charge is 2.34. The molecule has 2 rings (SSSR count). The van der Waals surface area contributed by atoms with E-state index in [0.717, 1.165) is 0 Å². The summed E-state index contributed by atoms with van der Waals surface area (Å²) in [6.45, 7) is 2.29. The maximum absolute atomic E-state index is 11.4. The molecule has 2 nitrogen and oxygen atoms in total. The molecule has 0 heterocycles. The van der Waals surface area contributed by atoms with Gasteiger partial charge < -0.3 is 0 Å². The molecule has 0 aromatic carbocycles. The Labute approximate surface area is 91.4 Å². The third kappa shape index (κ3) is 2.47. The fourth-order valence-corrected chi connectivity index (χ4v) is 3.37. The van der Waals surface area contributed by atoms with Crippen molar-refractivity contribution in [2.45, 2.75) is 51.9 Å². The summed E-state index contributed by atoms with van der Waals surface area (Å²) in [5, 5.41) is 0. The normalized spacial score (nSPS) is 34.5. The molecule has 0 N–H and O–H groups in total. The number of hydrogen-bond donors (Lipinski definition) is 0. The summed E-state index contributed by atoms with van der Waals surface area (Å²) < 4.78 is 0. The zero-order valence-electron chi connectivity index (χ0n) is 9.50. The fraction of sp³-hybridized carbons (Fsp3) is 0.846. The van der Waals surface area contributed by atoms with Gasteiger partial charge in [0.05, 0.1) is 6.42 Å². The number of carbonyl (C=O) groups excluding carboxylic acids is 2. The SMILES string of the molecule is CC1CCCCC1C1CC(=O)CC(=O)C1. The van der Waals surface area contributed by atoms with Crippen LogP contribution < -0.4 is 0 Å². The Morgan fingerprint density at radius 2 is 1.60 bits per heavy atom. The average Bonchev–Trinajstić information content (AvgIpc) is 2.16. The quantitative estimate of drug-likeness (QED) is 0.621. The first-order valence-corrected chi connectivity index (χ1v) is 6.20. The van der Waals surface area contributed by atoms with Gasteiger partial charge in [-0.15, -0.1) is 0 Å². The molecule has 0 amide bonds. The molecule has 0 bridgehead atoms. The second-order valence-electron chi connectivity index (χ2n) is 5.35. The van der Waals surface area contributed by atoms with Crippen molar-refractivity contribution in [2.24, 2.45) is 17.8 Å². The van der Waals surface area contributed by atoms with Crippen molar-refractivity contribution in [3.8, 4) is 0 Å². The van der Waals surface area contributed by atoms with Crippen LogP contribution in [0.3, 0.4) is 0 Å². The van der Waals surface area contributed by atoms with Crippen molar-refractivity contribution >= 4 is 11.6 Å². The second-order valence-corrected chi connectivity index (χ2v) is 5.35. The molecule has 84 valence electrons. The molecule has 2 fully saturated rings. The van der Waals surface area contributed by atoms with E-state index in [4.69, 9.17) is 0 Å². The van der Waals surface area contributed by atoms with Crippen molar-refractivity contribution in [3.05, 3.63) is 0 Å². The zero-order valence-corrected chi connectivity index (χ0v) is 9.50. The highest BCUT2D eigenvalue weighted by Crippen LogP contribution is 2.39. The first-order chi connectivity index (χ1) is 7.16. The van der Waals surface area contributed by atoms with E-state index in [1.807, 2.05) is 0 Å². The summed E-state index contributed by atoms with van der Waals surface area (Å²) in [5.41, 5.74) is 0. The van der Waals surface area contributed by atoms with Crippen LogP contribution in [0.2, 0.25) is 0 Å². The van der Waals surface area contributed by atoms with Crippen molar-refractivity contribution in [1.29, 1.82) is 0 Å². The molecule has 2 saturated carbocycles. The van der Waals surface area contributed by atoms with Gasteiger partial charge in [-0.05, 0) is 24.2 Å². The molecule has 0 spiro atoms. The molecule has 0 saturated heterocycles. The predicted molar refractivity (Wildman–Crippen MR) is 58.5 cm³/mol. The molecule has 0 aromatic rings. The zero-order chi connectivity index (χ0) is 10.8. The van der Waals surface area contributed by atoms with E-state index in [-0.39, 0.29) is 18.0 Å². The third-order valence-corrected chi connectivity index (χ3v) is 4.16. The van der Waals surface area contributed by atoms with Crippen molar-refractivity contribution in [3.63, 3.8) is 0 Å². The van der Waals surface area contributed by atoms with Crippen LogP contribution in [0.15, 0.2) is 0 Å². The highest BCUT2D eigenvalue weighted by atomic mass is 16.1. The summed E-state index contributed by atoms with van der Waals surface area (Å²) in [7, 11) is 0.